The molecule has 0 aromatic rings. The van der Waals surface area contributed by atoms with Gasteiger partial charge in [0.05, 0.1) is 0 Å². The Morgan fingerprint density at radius 3 is 2.92 bits per heavy atom. The molecule has 1 fully saturated rings. The van der Waals surface area contributed by atoms with Gasteiger partial charge in [-0.1, -0.05) is 0 Å². The third-order valence-electron chi connectivity index (χ3n) is 2.53. The zero-order valence-corrected chi connectivity index (χ0v) is 8.49. The number of carbonyl (C=O) groups excluding carboxylic acids is 1. The fraction of sp³-hybridized carbons (Fsp3) is 0.889. The highest BCUT2D eigenvalue weighted by atomic mass is 16.2. The first kappa shape index (κ1) is 10.3. The number of hydrogen-bond donors (Lipinski definition) is 1. The van der Waals surface area contributed by atoms with E-state index in [1.54, 1.807) is 4.90 Å². The molecule has 2 amide bonds. The minimum absolute atomic E-state index is 0.109. The Morgan fingerprint density at radius 1 is 1.69 bits per heavy atom. The maximum atomic E-state index is 11.7. The van der Waals surface area contributed by atoms with Crippen molar-refractivity contribution in [2.24, 2.45) is 5.73 Å². The van der Waals surface area contributed by atoms with E-state index in [0.29, 0.717) is 6.54 Å². The number of nitrogens with two attached hydrogens (primary N) is 1. The molecule has 1 saturated heterocycles. The molecule has 0 aromatic carbocycles. The van der Waals surface area contributed by atoms with Crippen LogP contribution in [0.2, 0.25) is 0 Å². The highest BCUT2D eigenvalue weighted by Gasteiger charge is 2.22. The van der Waals surface area contributed by atoms with Gasteiger partial charge in [0.25, 0.3) is 0 Å². The van der Waals surface area contributed by atoms with E-state index in [-0.39, 0.29) is 12.1 Å². The van der Waals surface area contributed by atoms with Crippen LogP contribution in [-0.4, -0.2) is 48.6 Å². The third kappa shape index (κ3) is 2.59. The normalized spacial score (nSPS) is 23.0. The molecule has 1 rings (SSSR count). The predicted molar refractivity (Wildman–Crippen MR) is 52.5 cm³/mol. The van der Waals surface area contributed by atoms with Crippen LogP contribution < -0.4 is 5.73 Å². The zero-order chi connectivity index (χ0) is 9.84. The largest absolute Gasteiger partial charge is 0.328 e. The average Bonchev–Trinajstić information content (AvgIpc) is 2.15. The van der Waals surface area contributed by atoms with Crippen molar-refractivity contribution in [3.8, 4) is 0 Å². The molecule has 1 heterocycles. The number of hydrogen-bond acceptors (Lipinski definition) is 2. The molecular formula is C9H19N3O. The van der Waals surface area contributed by atoms with E-state index in [9.17, 15) is 4.79 Å². The Morgan fingerprint density at radius 2 is 2.38 bits per heavy atom. The monoisotopic (exact) mass is 185 g/mol. The van der Waals surface area contributed by atoms with Gasteiger partial charge in [0.2, 0.25) is 0 Å². The summed E-state index contributed by atoms with van der Waals surface area (Å²) < 4.78 is 0. The summed E-state index contributed by atoms with van der Waals surface area (Å²) in [5.41, 5.74) is 5.79. The summed E-state index contributed by atoms with van der Waals surface area (Å²) in [7, 11) is 1.82. The molecule has 0 spiro atoms. The fourth-order valence-electron chi connectivity index (χ4n) is 1.56. The van der Waals surface area contributed by atoms with Crippen LogP contribution in [0.1, 0.15) is 19.8 Å². The smallest absolute Gasteiger partial charge is 0.319 e. The topological polar surface area (TPSA) is 49.6 Å². The maximum absolute atomic E-state index is 11.7. The minimum atomic E-state index is 0.109. The molecular weight excluding hydrogens is 166 g/mol. The molecule has 2 N–H and O–H groups in total. The lowest BCUT2D eigenvalue weighted by atomic mass is 10.1. The highest BCUT2D eigenvalue weighted by molar-refractivity contribution is 5.74. The lowest BCUT2D eigenvalue weighted by Crippen LogP contribution is -2.49. The van der Waals surface area contributed by atoms with Gasteiger partial charge in [-0.25, -0.2) is 4.79 Å². The lowest BCUT2D eigenvalue weighted by molar-refractivity contribution is 0.149. The molecule has 1 unspecified atom stereocenters. The Bertz CT molecular complexity index is 184. The van der Waals surface area contributed by atoms with E-state index in [2.05, 4.69) is 0 Å². The van der Waals surface area contributed by atoms with Gasteiger partial charge in [0.15, 0.2) is 0 Å². The second-order valence-electron chi connectivity index (χ2n) is 3.65. The van der Waals surface area contributed by atoms with Gasteiger partial charge in [-0.3, -0.25) is 0 Å². The highest BCUT2D eigenvalue weighted by Crippen LogP contribution is 2.09. The average molecular weight is 185 g/mol. The Balaban J connectivity index is 2.46. The molecule has 0 aromatic heterocycles. The van der Waals surface area contributed by atoms with Crippen molar-refractivity contribution < 1.29 is 4.79 Å². The number of urea groups is 1. The van der Waals surface area contributed by atoms with Crippen LogP contribution >= 0.6 is 0 Å². The second kappa shape index (κ2) is 4.46. The van der Waals surface area contributed by atoms with Gasteiger partial charge in [0.1, 0.15) is 0 Å². The van der Waals surface area contributed by atoms with Crippen molar-refractivity contribution in [2.45, 2.75) is 25.8 Å². The Labute approximate surface area is 79.7 Å². The van der Waals surface area contributed by atoms with Gasteiger partial charge in [-0.05, 0) is 19.8 Å². The molecule has 1 aliphatic heterocycles. The van der Waals surface area contributed by atoms with E-state index >= 15 is 0 Å². The summed E-state index contributed by atoms with van der Waals surface area (Å²) in [5.74, 6) is 0. The first-order valence-corrected chi connectivity index (χ1v) is 4.90. The molecule has 0 aliphatic carbocycles. The molecule has 76 valence electrons. The molecule has 4 heteroatoms. The molecule has 1 atom stereocenters. The number of amides is 2. The Hall–Kier alpha value is -0.770. The third-order valence-corrected chi connectivity index (χ3v) is 2.53. The van der Waals surface area contributed by atoms with E-state index in [1.807, 2.05) is 18.9 Å². The molecule has 0 saturated carbocycles. The van der Waals surface area contributed by atoms with Crippen molar-refractivity contribution in [2.75, 3.05) is 26.7 Å². The SMILES string of the molecule is CCN(C)C(=O)N1CCCC(N)C1. The first-order chi connectivity index (χ1) is 6.15. The Kier molecular flexibility index (Phi) is 3.54. The summed E-state index contributed by atoms with van der Waals surface area (Å²) >= 11 is 0. The first-order valence-electron chi connectivity index (χ1n) is 4.90. The van der Waals surface area contributed by atoms with Gasteiger partial charge in [-0.15, -0.1) is 0 Å². The van der Waals surface area contributed by atoms with Gasteiger partial charge >= 0.3 is 6.03 Å². The quantitative estimate of drug-likeness (QED) is 0.646. The van der Waals surface area contributed by atoms with Crippen molar-refractivity contribution in [1.29, 1.82) is 0 Å². The van der Waals surface area contributed by atoms with Crippen LogP contribution in [0.4, 0.5) is 4.79 Å². The number of likely N-dealkylation sites (tertiary alicyclic amines) is 1. The second-order valence-corrected chi connectivity index (χ2v) is 3.65. The van der Waals surface area contributed by atoms with Gasteiger partial charge in [-0.2, -0.15) is 0 Å². The van der Waals surface area contributed by atoms with Crippen LogP contribution in [0.3, 0.4) is 0 Å². The summed E-state index contributed by atoms with van der Waals surface area (Å²) in [5, 5.41) is 0. The molecule has 1 aliphatic rings. The number of piperidine rings is 1. The van der Waals surface area contributed by atoms with E-state index in [0.717, 1.165) is 25.9 Å². The molecule has 4 nitrogen and oxygen atoms in total. The van der Waals surface area contributed by atoms with Crippen LogP contribution in [0.15, 0.2) is 0 Å². The van der Waals surface area contributed by atoms with Gasteiger partial charge < -0.3 is 15.5 Å². The van der Waals surface area contributed by atoms with Crippen molar-refractivity contribution in [3.05, 3.63) is 0 Å². The fourth-order valence-corrected chi connectivity index (χ4v) is 1.56. The summed E-state index contributed by atoms with van der Waals surface area (Å²) in [6.45, 7) is 4.30. The van der Waals surface area contributed by atoms with Crippen LogP contribution in [0, 0.1) is 0 Å². The van der Waals surface area contributed by atoms with Crippen LogP contribution in [0.5, 0.6) is 0 Å². The molecule has 0 bridgehead atoms. The number of carbonyl (C=O) groups is 1. The molecule has 13 heavy (non-hydrogen) atoms. The maximum Gasteiger partial charge on any atom is 0.319 e. The van der Waals surface area contributed by atoms with E-state index in [1.165, 1.54) is 0 Å². The van der Waals surface area contributed by atoms with E-state index in [4.69, 9.17) is 5.73 Å². The van der Waals surface area contributed by atoms with Crippen LogP contribution in [-0.2, 0) is 0 Å². The summed E-state index contributed by atoms with van der Waals surface area (Å²) in [6, 6.07) is 0.278. The van der Waals surface area contributed by atoms with Gasteiger partial charge in [0, 0.05) is 32.7 Å². The van der Waals surface area contributed by atoms with Crippen molar-refractivity contribution in [3.63, 3.8) is 0 Å². The minimum Gasteiger partial charge on any atom is -0.328 e. The van der Waals surface area contributed by atoms with Crippen molar-refractivity contribution in [1.82, 2.24) is 9.80 Å². The summed E-state index contributed by atoms with van der Waals surface area (Å²) in [4.78, 5) is 15.2. The van der Waals surface area contributed by atoms with E-state index < -0.39 is 0 Å². The predicted octanol–water partition coefficient (Wildman–Crippen LogP) is 0.481. The standard InChI is InChI=1S/C9H19N3O/c1-3-11(2)9(13)12-6-4-5-8(10)7-12/h8H,3-7,10H2,1-2H3. The summed E-state index contributed by atoms with van der Waals surface area (Å²) in [6.07, 6.45) is 2.07. The number of rotatable bonds is 1. The zero-order valence-electron chi connectivity index (χ0n) is 8.49. The van der Waals surface area contributed by atoms with Crippen molar-refractivity contribution >= 4 is 6.03 Å². The van der Waals surface area contributed by atoms with Crippen LogP contribution in [0.25, 0.3) is 0 Å². The molecule has 0 radical (unpaired) electrons. The lowest BCUT2D eigenvalue weighted by Gasteiger charge is -2.33. The number of nitrogens with zero attached hydrogens (tertiary/aromatic N) is 2.